The lowest BCUT2D eigenvalue weighted by atomic mass is 9.87. The zero-order chi connectivity index (χ0) is 19.1. The van der Waals surface area contributed by atoms with E-state index >= 15 is 0 Å². The van der Waals surface area contributed by atoms with Gasteiger partial charge in [0.05, 0.1) is 13.8 Å². The minimum Gasteiger partial charge on any atom is -0.256 e. The monoisotopic (exact) mass is 339 g/mol. The van der Waals surface area contributed by atoms with Gasteiger partial charge in [0, 0.05) is 14.5 Å². The van der Waals surface area contributed by atoms with Crippen molar-refractivity contribution in [1.29, 1.82) is 0 Å². The van der Waals surface area contributed by atoms with Crippen LogP contribution in [0.2, 0.25) is 19.6 Å². The molecule has 24 heavy (non-hydrogen) atoms. The molecule has 0 fully saturated rings. The fourth-order valence-corrected chi connectivity index (χ4v) is 5.06. The Morgan fingerprint density at radius 3 is 2.62 bits per heavy atom. The van der Waals surface area contributed by atoms with E-state index < -0.39 is 14.4 Å². The third-order valence-electron chi connectivity index (χ3n) is 4.83. The summed E-state index contributed by atoms with van der Waals surface area (Å²) >= 11 is 0. The van der Waals surface area contributed by atoms with Crippen molar-refractivity contribution in [1.82, 2.24) is 4.98 Å². The van der Waals surface area contributed by atoms with E-state index in [9.17, 15) is 0 Å². The van der Waals surface area contributed by atoms with Gasteiger partial charge < -0.3 is 0 Å². The molecular weight excluding hydrogens is 306 g/mol. The van der Waals surface area contributed by atoms with E-state index in [1.807, 2.05) is 20.0 Å². The fourth-order valence-electron chi connectivity index (χ4n) is 3.65. The van der Waals surface area contributed by atoms with E-state index in [4.69, 9.17) is 7.73 Å². The van der Waals surface area contributed by atoms with E-state index in [0.717, 1.165) is 29.3 Å². The largest absolute Gasteiger partial charge is 0.256 e. The number of hydrogen-bond donors (Lipinski definition) is 0. The van der Waals surface area contributed by atoms with Gasteiger partial charge in [-0.15, -0.1) is 0 Å². The second-order valence-electron chi connectivity index (χ2n) is 8.31. The van der Waals surface area contributed by atoms with E-state index in [2.05, 4.69) is 43.9 Å². The highest BCUT2D eigenvalue weighted by molar-refractivity contribution is 6.89. The van der Waals surface area contributed by atoms with Crippen molar-refractivity contribution < 1.29 is 2.74 Å². The van der Waals surface area contributed by atoms with Crippen molar-refractivity contribution in [2.24, 2.45) is 5.92 Å². The summed E-state index contributed by atoms with van der Waals surface area (Å²) in [6, 6.07) is 8.58. The van der Waals surface area contributed by atoms with Crippen LogP contribution in [0.1, 0.15) is 46.1 Å². The Balaban J connectivity index is 2.20. The van der Waals surface area contributed by atoms with Gasteiger partial charge in [0.1, 0.15) is 0 Å². The van der Waals surface area contributed by atoms with Crippen LogP contribution in [0, 0.1) is 5.92 Å². The zero-order valence-corrected chi connectivity index (χ0v) is 16.7. The quantitative estimate of drug-likeness (QED) is 0.682. The van der Waals surface area contributed by atoms with Gasteiger partial charge in [-0.3, -0.25) is 4.98 Å². The van der Waals surface area contributed by atoms with Crippen LogP contribution in [0.15, 0.2) is 30.5 Å². The summed E-state index contributed by atoms with van der Waals surface area (Å²) in [7, 11) is -1.69. The molecule has 0 N–H and O–H groups in total. The van der Waals surface area contributed by atoms with Crippen molar-refractivity contribution in [2.75, 3.05) is 0 Å². The number of aryl methyl sites for hydroxylation is 1. The smallest absolute Gasteiger partial charge is 0.0799 e. The standard InChI is InChI=1S/C22H31NSi/c1-16(2)13-18-14-21(23-15-22(18)24(3,4)5)20-12-8-10-17-9-6-7-11-19(17)20/h8,10,12,14-16H,6-7,9,11,13H2,1-5H3/i13D2. The molecule has 1 aromatic heterocycles. The first-order valence-corrected chi connectivity index (χ1v) is 12.7. The van der Waals surface area contributed by atoms with Crippen LogP contribution < -0.4 is 5.19 Å². The zero-order valence-electron chi connectivity index (χ0n) is 17.7. The molecule has 0 amide bonds. The maximum absolute atomic E-state index is 8.75. The summed E-state index contributed by atoms with van der Waals surface area (Å²) in [5, 5.41) is 1.14. The van der Waals surface area contributed by atoms with Crippen molar-refractivity contribution in [3.05, 3.63) is 47.2 Å². The van der Waals surface area contributed by atoms with Crippen molar-refractivity contribution in [2.45, 2.75) is 65.5 Å². The Morgan fingerprint density at radius 1 is 1.17 bits per heavy atom. The predicted octanol–water partition coefficient (Wildman–Crippen LogP) is 5.37. The Hall–Kier alpha value is -1.41. The van der Waals surface area contributed by atoms with Gasteiger partial charge in [0.25, 0.3) is 0 Å². The molecule has 0 spiro atoms. The first-order valence-electron chi connectivity index (χ1n) is 10.2. The first-order chi connectivity index (χ1) is 12.1. The number of aromatic nitrogens is 1. The highest BCUT2D eigenvalue weighted by atomic mass is 28.3. The van der Waals surface area contributed by atoms with Gasteiger partial charge in [0.2, 0.25) is 0 Å². The van der Waals surface area contributed by atoms with Crippen molar-refractivity contribution in [3.63, 3.8) is 0 Å². The molecule has 1 aromatic carbocycles. The van der Waals surface area contributed by atoms with Gasteiger partial charge in [-0.1, -0.05) is 51.7 Å². The van der Waals surface area contributed by atoms with Gasteiger partial charge in [0.15, 0.2) is 0 Å². The van der Waals surface area contributed by atoms with E-state index in [-0.39, 0.29) is 5.92 Å². The van der Waals surface area contributed by atoms with Gasteiger partial charge in [-0.05, 0) is 65.9 Å². The number of hydrogen-bond acceptors (Lipinski definition) is 1. The highest BCUT2D eigenvalue weighted by Gasteiger charge is 2.22. The van der Waals surface area contributed by atoms with Gasteiger partial charge >= 0.3 is 0 Å². The SMILES string of the molecule is [2H]C([2H])(c1cc(-c2cccc3c2CCCC3)ncc1[Si](C)(C)C)C(C)C. The molecule has 1 heterocycles. The van der Waals surface area contributed by atoms with E-state index in [0.29, 0.717) is 0 Å². The number of fused-ring (bicyclic) bond motifs is 1. The third-order valence-corrected chi connectivity index (χ3v) is 6.84. The normalized spacial score (nSPS) is 16.6. The number of benzene rings is 1. The summed E-state index contributed by atoms with van der Waals surface area (Å²) < 4.78 is 17.5. The van der Waals surface area contributed by atoms with Gasteiger partial charge in [-0.2, -0.15) is 0 Å². The Kier molecular flexibility index (Phi) is 4.24. The highest BCUT2D eigenvalue weighted by Crippen LogP contribution is 2.31. The lowest BCUT2D eigenvalue weighted by molar-refractivity contribution is 0.648. The van der Waals surface area contributed by atoms with Crippen LogP contribution in [0.3, 0.4) is 0 Å². The molecule has 3 rings (SSSR count). The third kappa shape index (κ3) is 3.64. The molecule has 0 saturated heterocycles. The minimum absolute atomic E-state index is 0.0717. The Labute approximate surface area is 151 Å². The van der Waals surface area contributed by atoms with E-state index in [1.165, 1.54) is 29.5 Å². The maximum atomic E-state index is 8.75. The summed E-state index contributed by atoms with van der Waals surface area (Å²) in [4.78, 5) is 4.83. The van der Waals surface area contributed by atoms with Crippen molar-refractivity contribution >= 4 is 13.3 Å². The molecule has 0 radical (unpaired) electrons. The van der Waals surface area contributed by atoms with Gasteiger partial charge in [-0.25, -0.2) is 0 Å². The van der Waals surface area contributed by atoms with Crippen LogP contribution in [-0.2, 0) is 19.2 Å². The lowest BCUT2D eigenvalue weighted by Crippen LogP contribution is -2.40. The van der Waals surface area contributed by atoms with Crippen LogP contribution in [-0.4, -0.2) is 13.1 Å². The second-order valence-corrected chi connectivity index (χ2v) is 13.4. The molecule has 1 aliphatic carbocycles. The molecule has 2 heteroatoms. The molecule has 0 bridgehead atoms. The molecule has 1 nitrogen and oxygen atoms in total. The van der Waals surface area contributed by atoms with Crippen LogP contribution >= 0.6 is 0 Å². The van der Waals surface area contributed by atoms with Crippen molar-refractivity contribution in [3.8, 4) is 11.3 Å². The summed E-state index contributed by atoms with van der Waals surface area (Å²) in [6.07, 6.45) is 5.38. The predicted molar refractivity (Wildman–Crippen MR) is 108 cm³/mol. The number of rotatable bonds is 4. The molecule has 0 saturated carbocycles. The molecule has 0 unspecified atom stereocenters. The number of nitrogens with zero attached hydrogens (tertiary/aromatic N) is 1. The average molecular weight is 340 g/mol. The molecule has 2 aromatic rings. The molecule has 128 valence electrons. The van der Waals surface area contributed by atoms with Crippen LogP contribution in [0.4, 0.5) is 0 Å². The van der Waals surface area contributed by atoms with Crippen LogP contribution in [0.25, 0.3) is 11.3 Å². The molecular formula is C22H31NSi. The summed E-state index contributed by atoms with van der Waals surface area (Å²) in [5.41, 5.74) is 5.85. The molecule has 1 aliphatic rings. The average Bonchev–Trinajstić information content (AvgIpc) is 2.59. The maximum Gasteiger partial charge on any atom is 0.0799 e. The number of pyridine rings is 1. The Bertz CT molecular complexity index is 806. The lowest BCUT2D eigenvalue weighted by Gasteiger charge is -2.24. The minimum atomic E-state index is -1.69. The van der Waals surface area contributed by atoms with E-state index in [1.54, 1.807) is 0 Å². The molecule has 0 atom stereocenters. The fraction of sp³-hybridized carbons (Fsp3) is 0.500. The summed E-state index contributed by atoms with van der Waals surface area (Å²) in [6.45, 7) is 10.8. The Morgan fingerprint density at radius 2 is 1.92 bits per heavy atom. The van der Waals surface area contributed by atoms with Crippen LogP contribution in [0.5, 0.6) is 0 Å². The summed E-state index contributed by atoms with van der Waals surface area (Å²) in [5.74, 6) is -0.0717. The first kappa shape index (κ1) is 14.9. The second kappa shape index (κ2) is 6.83. The molecule has 0 aliphatic heterocycles. The topological polar surface area (TPSA) is 12.9 Å².